The van der Waals surface area contributed by atoms with Gasteiger partial charge >= 0.3 is 5.97 Å². The molecule has 1 aromatic carbocycles. The highest BCUT2D eigenvalue weighted by Gasteiger charge is 2.19. The Morgan fingerprint density at radius 1 is 1.40 bits per heavy atom. The molecule has 0 unspecified atom stereocenters. The molecule has 102 valence electrons. The number of anilines is 2. The van der Waals surface area contributed by atoms with E-state index < -0.39 is 0 Å². The van der Waals surface area contributed by atoms with Crippen molar-refractivity contribution in [1.29, 1.82) is 0 Å². The standard InChI is InChI=1S/C14H14N4O2/c1-15-14-17-6-10-9-4-3-8(13(19)20-2)5-11(9)16-7-12(10)18-14/h3-6,16H,7H2,1-2H3,(H,15,17,18). The molecule has 2 N–H and O–H groups in total. The molecular formula is C14H14N4O2. The summed E-state index contributed by atoms with van der Waals surface area (Å²) in [5.41, 5.74) is 4.31. The van der Waals surface area contributed by atoms with E-state index in [1.807, 2.05) is 6.07 Å². The van der Waals surface area contributed by atoms with Crippen LogP contribution in [0.15, 0.2) is 24.4 Å². The molecule has 3 rings (SSSR count). The molecule has 0 radical (unpaired) electrons. The van der Waals surface area contributed by atoms with Crippen LogP contribution >= 0.6 is 0 Å². The number of fused-ring (bicyclic) bond motifs is 3. The molecule has 0 spiro atoms. The maximum atomic E-state index is 11.5. The van der Waals surface area contributed by atoms with Crippen molar-refractivity contribution in [3.8, 4) is 11.1 Å². The van der Waals surface area contributed by atoms with Crippen molar-refractivity contribution in [3.63, 3.8) is 0 Å². The Balaban J connectivity index is 2.07. The number of carbonyl (C=O) groups excluding carboxylic acids is 1. The fraction of sp³-hybridized carbons (Fsp3) is 0.214. The Hall–Kier alpha value is -2.63. The van der Waals surface area contributed by atoms with Gasteiger partial charge in [0.1, 0.15) is 0 Å². The summed E-state index contributed by atoms with van der Waals surface area (Å²) in [6.45, 7) is 0.601. The molecule has 1 aliphatic rings. The van der Waals surface area contributed by atoms with Crippen molar-refractivity contribution in [1.82, 2.24) is 9.97 Å². The fourth-order valence-electron chi connectivity index (χ4n) is 2.25. The third-order valence-electron chi connectivity index (χ3n) is 3.27. The Bertz CT molecular complexity index is 685. The molecule has 2 heterocycles. The van der Waals surface area contributed by atoms with Crippen molar-refractivity contribution in [2.45, 2.75) is 6.54 Å². The molecule has 0 amide bonds. The smallest absolute Gasteiger partial charge is 0.337 e. The SMILES string of the molecule is CNc1ncc2c(n1)CNc1cc(C(=O)OC)ccc1-2. The summed E-state index contributed by atoms with van der Waals surface area (Å²) < 4.78 is 4.73. The van der Waals surface area contributed by atoms with Gasteiger partial charge in [-0.2, -0.15) is 0 Å². The van der Waals surface area contributed by atoms with E-state index in [0.29, 0.717) is 18.1 Å². The van der Waals surface area contributed by atoms with Gasteiger partial charge < -0.3 is 15.4 Å². The molecule has 1 aromatic heterocycles. The van der Waals surface area contributed by atoms with E-state index in [4.69, 9.17) is 4.74 Å². The lowest BCUT2D eigenvalue weighted by molar-refractivity contribution is 0.0601. The van der Waals surface area contributed by atoms with Crippen LogP contribution in [-0.2, 0) is 11.3 Å². The van der Waals surface area contributed by atoms with Crippen LogP contribution in [0, 0.1) is 0 Å². The lowest BCUT2D eigenvalue weighted by atomic mass is 9.98. The van der Waals surface area contributed by atoms with Gasteiger partial charge in [-0.15, -0.1) is 0 Å². The predicted octanol–water partition coefficient (Wildman–Crippen LogP) is 1.90. The number of nitrogens with zero attached hydrogens (tertiary/aromatic N) is 2. The van der Waals surface area contributed by atoms with Gasteiger partial charge in [0.15, 0.2) is 0 Å². The molecule has 0 aliphatic carbocycles. The quantitative estimate of drug-likeness (QED) is 0.812. The van der Waals surface area contributed by atoms with Gasteiger partial charge in [-0.25, -0.2) is 14.8 Å². The van der Waals surface area contributed by atoms with E-state index in [1.165, 1.54) is 7.11 Å². The summed E-state index contributed by atoms with van der Waals surface area (Å²) >= 11 is 0. The topological polar surface area (TPSA) is 76.1 Å². The number of benzene rings is 1. The average Bonchev–Trinajstić information content (AvgIpc) is 2.52. The molecule has 0 fully saturated rings. The number of hydrogen-bond acceptors (Lipinski definition) is 6. The maximum absolute atomic E-state index is 11.5. The van der Waals surface area contributed by atoms with Crippen molar-refractivity contribution >= 4 is 17.6 Å². The van der Waals surface area contributed by atoms with Gasteiger partial charge in [0.2, 0.25) is 5.95 Å². The summed E-state index contributed by atoms with van der Waals surface area (Å²) in [4.78, 5) is 20.2. The number of hydrogen-bond donors (Lipinski definition) is 2. The van der Waals surface area contributed by atoms with Crippen molar-refractivity contribution in [2.75, 3.05) is 24.8 Å². The van der Waals surface area contributed by atoms with Crippen molar-refractivity contribution in [3.05, 3.63) is 35.7 Å². The van der Waals surface area contributed by atoms with Crippen LogP contribution in [0.5, 0.6) is 0 Å². The summed E-state index contributed by atoms with van der Waals surface area (Å²) in [6, 6.07) is 5.42. The van der Waals surface area contributed by atoms with Crippen LogP contribution < -0.4 is 10.6 Å². The molecule has 6 heteroatoms. The number of esters is 1. The monoisotopic (exact) mass is 270 g/mol. The predicted molar refractivity (Wildman–Crippen MR) is 75.7 cm³/mol. The molecule has 0 saturated heterocycles. The van der Waals surface area contributed by atoms with Crippen molar-refractivity contribution < 1.29 is 9.53 Å². The van der Waals surface area contributed by atoms with E-state index in [0.717, 1.165) is 22.5 Å². The zero-order chi connectivity index (χ0) is 14.1. The van der Waals surface area contributed by atoms with E-state index in [-0.39, 0.29) is 5.97 Å². The first-order valence-corrected chi connectivity index (χ1v) is 6.23. The highest BCUT2D eigenvalue weighted by atomic mass is 16.5. The second-order valence-corrected chi connectivity index (χ2v) is 4.41. The molecular weight excluding hydrogens is 256 g/mol. The average molecular weight is 270 g/mol. The largest absolute Gasteiger partial charge is 0.465 e. The van der Waals surface area contributed by atoms with Crippen LogP contribution in [0.25, 0.3) is 11.1 Å². The molecule has 6 nitrogen and oxygen atoms in total. The van der Waals surface area contributed by atoms with Crippen molar-refractivity contribution in [2.24, 2.45) is 0 Å². The summed E-state index contributed by atoms with van der Waals surface area (Å²) in [6.07, 6.45) is 1.80. The third kappa shape index (κ3) is 1.95. The van der Waals surface area contributed by atoms with Crippen LogP contribution in [0.2, 0.25) is 0 Å². The van der Waals surface area contributed by atoms with Gasteiger partial charge in [0, 0.05) is 30.1 Å². The fourth-order valence-corrected chi connectivity index (χ4v) is 2.25. The van der Waals surface area contributed by atoms with Crippen LogP contribution in [0.1, 0.15) is 16.1 Å². The van der Waals surface area contributed by atoms with Gasteiger partial charge in [0.05, 0.1) is 24.9 Å². The lowest BCUT2D eigenvalue weighted by Crippen LogP contribution is -2.13. The molecule has 0 atom stereocenters. The minimum atomic E-state index is -0.345. The number of methoxy groups -OCH3 is 1. The Morgan fingerprint density at radius 3 is 3.00 bits per heavy atom. The van der Waals surface area contributed by atoms with Crippen LogP contribution in [0.3, 0.4) is 0 Å². The summed E-state index contributed by atoms with van der Waals surface area (Å²) in [5.74, 6) is 0.252. The zero-order valence-corrected chi connectivity index (χ0v) is 11.2. The normalized spacial score (nSPS) is 11.9. The highest BCUT2D eigenvalue weighted by molar-refractivity contribution is 5.93. The zero-order valence-electron chi connectivity index (χ0n) is 11.2. The third-order valence-corrected chi connectivity index (χ3v) is 3.27. The van der Waals surface area contributed by atoms with E-state index >= 15 is 0 Å². The summed E-state index contributed by atoms with van der Waals surface area (Å²) in [5, 5.41) is 6.19. The van der Waals surface area contributed by atoms with E-state index in [9.17, 15) is 4.79 Å². The number of carbonyl (C=O) groups is 1. The van der Waals surface area contributed by atoms with E-state index in [1.54, 1.807) is 25.4 Å². The van der Waals surface area contributed by atoms with Gasteiger partial charge in [-0.1, -0.05) is 6.07 Å². The molecule has 2 aromatic rings. The van der Waals surface area contributed by atoms with Gasteiger partial charge in [-0.3, -0.25) is 0 Å². The van der Waals surface area contributed by atoms with Crippen LogP contribution in [0.4, 0.5) is 11.6 Å². The molecule has 1 aliphatic heterocycles. The van der Waals surface area contributed by atoms with Crippen LogP contribution in [-0.4, -0.2) is 30.1 Å². The van der Waals surface area contributed by atoms with Gasteiger partial charge in [0.25, 0.3) is 0 Å². The second-order valence-electron chi connectivity index (χ2n) is 4.41. The number of nitrogens with one attached hydrogen (secondary N) is 2. The first-order valence-electron chi connectivity index (χ1n) is 6.23. The molecule has 0 bridgehead atoms. The minimum Gasteiger partial charge on any atom is -0.465 e. The number of rotatable bonds is 2. The first kappa shape index (κ1) is 12.4. The highest BCUT2D eigenvalue weighted by Crippen LogP contribution is 2.35. The number of aromatic nitrogens is 2. The summed E-state index contributed by atoms with van der Waals surface area (Å²) in [7, 11) is 3.16. The Morgan fingerprint density at radius 2 is 2.25 bits per heavy atom. The first-order chi connectivity index (χ1) is 9.72. The van der Waals surface area contributed by atoms with Gasteiger partial charge in [-0.05, 0) is 12.1 Å². The maximum Gasteiger partial charge on any atom is 0.337 e. The Labute approximate surface area is 116 Å². The minimum absolute atomic E-state index is 0.345. The second kappa shape index (κ2) is 4.80. The Kier molecular flexibility index (Phi) is 2.98. The number of ether oxygens (including phenoxy) is 1. The lowest BCUT2D eigenvalue weighted by Gasteiger charge is -2.21. The molecule has 0 saturated carbocycles. The molecule has 20 heavy (non-hydrogen) atoms. The van der Waals surface area contributed by atoms with E-state index in [2.05, 4.69) is 20.6 Å².